The molecule has 2 N–H and O–H groups in total. The van der Waals surface area contributed by atoms with E-state index in [1.54, 1.807) is 24.5 Å². The molecule has 0 saturated carbocycles. The maximum atomic E-state index is 12.3. The maximum Gasteiger partial charge on any atom is 0.254 e. The SMILES string of the molecule is NC(=O)C1COCCn2c1nc(-c1ccncc1)cc2=O. The second-order valence-corrected chi connectivity index (χ2v) is 4.76. The van der Waals surface area contributed by atoms with Gasteiger partial charge in [-0.05, 0) is 12.1 Å². The summed E-state index contributed by atoms with van der Waals surface area (Å²) in [6.45, 7) is 0.857. The van der Waals surface area contributed by atoms with Crippen molar-refractivity contribution in [3.05, 3.63) is 46.8 Å². The topological polar surface area (TPSA) is 100 Å². The van der Waals surface area contributed by atoms with Gasteiger partial charge in [0.25, 0.3) is 5.56 Å². The van der Waals surface area contributed by atoms with Crippen molar-refractivity contribution >= 4 is 5.91 Å². The Morgan fingerprint density at radius 3 is 2.86 bits per heavy atom. The van der Waals surface area contributed by atoms with Crippen LogP contribution < -0.4 is 11.3 Å². The number of carbonyl (C=O) groups excluding carboxylic acids is 1. The lowest BCUT2D eigenvalue weighted by molar-refractivity contribution is -0.120. The van der Waals surface area contributed by atoms with E-state index in [9.17, 15) is 9.59 Å². The van der Waals surface area contributed by atoms with E-state index in [4.69, 9.17) is 10.5 Å². The molecule has 2 aromatic heterocycles. The molecule has 7 nitrogen and oxygen atoms in total. The van der Waals surface area contributed by atoms with Gasteiger partial charge in [-0.3, -0.25) is 19.1 Å². The third-order valence-electron chi connectivity index (χ3n) is 3.41. The Morgan fingerprint density at radius 2 is 2.14 bits per heavy atom. The Morgan fingerprint density at radius 1 is 1.38 bits per heavy atom. The van der Waals surface area contributed by atoms with Crippen molar-refractivity contribution in [2.45, 2.75) is 12.5 Å². The van der Waals surface area contributed by atoms with Crippen LogP contribution >= 0.6 is 0 Å². The lowest BCUT2D eigenvalue weighted by Gasteiger charge is -2.14. The molecule has 0 saturated heterocycles. The number of nitrogens with zero attached hydrogens (tertiary/aromatic N) is 3. The van der Waals surface area contributed by atoms with Gasteiger partial charge in [0.1, 0.15) is 11.7 Å². The van der Waals surface area contributed by atoms with Gasteiger partial charge in [0.2, 0.25) is 5.91 Å². The maximum absolute atomic E-state index is 12.3. The molecule has 7 heteroatoms. The molecule has 1 aliphatic rings. The highest BCUT2D eigenvalue weighted by molar-refractivity contribution is 5.81. The summed E-state index contributed by atoms with van der Waals surface area (Å²) in [6.07, 6.45) is 3.24. The molecule has 0 aliphatic carbocycles. The highest BCUT2D eigenvalue weighted by Gasteiger charge is 2.27. The summed E-state index contributed by atoms with van der Waals surface area (Å²) in [7, 11) is 0. The van der Waals surface area contributed by atoms with Crippen LogP contribution in [0.3, 0.4) is 0 Å². The molecule has 0 fully saturated rings. The van der Waals surface area contributed by atoms with Gasteiger partial charge < -0.3 is 10.5 Å². The second-order valence-electron chi connectivity index (χ2n) is 4.76. The molecule has 1 unspecified atom stereocenters. The number of nitrogens with two attached hydrogens (primary N) is 1. The first kappa shape index (κ1) is 13.4. The number of amides is 1. The average molecular weight is 286 g/mol. The van der Waals surface area contributed by atoms with Crippen LogP contribution in [0.4, 0.5) is 0 Å². The number of hydrogen-bond donors (Lipinski definition) is 1. The van der Waals surface area contributed by atoms with Gasteiger partial charge in [-0.2, -0.15) is 0 Å². The zero-order valence-corrected chi connectivity index (χ0v) is 11.2. The summed E-state index contributed by atoms with van der Waals surface area (Å²) >= 11 is 0. The standard InChI is InChI=1S/C14H14N4O3/c15-13(20)10-8-21-6-5-18-12(19)7-11(17-14(10)18)9-1-3-16-4-2-9/h1-4,7,10H,5-6,8H2,(H2,15,20). The van der Waals surface area contributed by atoms with Gasteiger partial charge in [-0.25, -0.2) is 4.98 Å². The van der Waals surface area contributed by atoms with Crippen LogP contribution in [0.1, 0.15) is 11.7 Å². The Balaban J connectivity index is 2.18. The van der Waals surface area contributed by atoms with Crippen molar-refractivity contribution in [1.29, 1.82) is 0 Å². The van der Waals surface area contributed by atoms with Crippen LogP contribution in [0.2, 0.25) is 0 Å². The number of hydrogen-bond acceptors (Lipinski definition) is 5. The summed E-state index contributed by atoms with van der Waals surface area (Å²) in [5, 5.41) is 0. The van der Waals surface area contributed by atoms with Gasteiger partial charge in [-0.15, -0.1) is 0 Å². The van der Waals surface area contributed by atoms with E-state index in [1.165, 1.54) is 10.6 Å². The van der Waals surface area contributed by atoms with Crippen LogP contribution in [-0.4, -0.2) is 33.7 Å². The minimum Gasteiger partial charge on any atom is -0.378 e. The van der Waals surface area contributed by atoms with E-state index in [1.807, 2.05) is 0 Å². The van der Waals surface area contributed by atoms with E-state index in [2.05, 4.69) is 9.97 Å². The van der Waals surface area contributed by atoms with Crippen LogP contribution in [0.5, 0.6) is 0 Å². The molecule has 0 spiro atoms. The lowest BCUT2D eigenvalue weighted by Crippen LogP contribution is -2.31. The first-order chi connectivity index (χ1) is 10.2. The van der Waals surface area contributed by atoms with Gasteiger partial charge in [0.15, 0.2) is 0 Å². The molecule has 108 valence electrons. The molecule has 3 heterocycles. The van der Waals surface area contributed by atoms with E-state index in [-0.39, 0.29) is 12.2 Å². The fourth-order valence-corrected chi connectivity index (χ4v) is 2.33. The lowest BCUT2D eigenvalue weighted by atomic mass is 10.1. The molecular weight excluding hydrogens is 272 g/mol. The zero-order chi connectivity index (χ0) is 14.8. The quantitative estimate of drug-likeness (QED) is 0.831. The van der Waals surface area contributed by atoms with Crippen LogP contribution in [0.25, 0.3) is 11.3 Å². The normalized spacial score (nSPS) is 17.8. The largest absolute Gasteiger partial charge is 0.378 e. The number of rotatable bonds is 2. The number of ether oxygens (including phenoxy) is 1. The number of primary amides is 1. The molecular formula is C14H14N4O3. The predicted octanol–water partition coefficient (Wildman–Crippen LogP) is -0.0956. The number of aromatic nitrogens is 3. The van der Waals surface area contributed by atoms with E-state index in [0.29, 0.717) is 24.7 Å². The van der Waals surface area contributed by atoms with E-state index >= 15 is 0 Å². The van der Waals surface area contributed by atoms with Crippen molar-refractivity contribution in [3.63, 3.8) is 0 Å². The molecule has 0 bridgehead atoms. The van der Waals surface area contributed by atoms with Crippen molar-refractivity contribution < 1.29 is 9.53 Å². The first-order valence-electron chi connectivity index (χ1n) is 6.56. The third-order valence-corrected chi connectivity index (χ3v) is 3.41. The molecule has 0 radical (unpaired) electrons. The van der Waals surface area contributed by atoms with Gasteiger partial charge in [0, 0.05) is 24.0 Å². The number of fused-ring (bicyclic) bond motifs is 1. The average Bonchev–Trinajstić information content (AvgIpc) is 2.71. The number of pyridine rings is 1. The molecule has 21 heavy (non-hydrogen) atoms. The Labute approximate surface area is 120 Å². The number of carbonyl (C=O) groups is 1. The van der Waals surface area contributed by atoms with Crippen molar-refractivity contribution in [1.82, 2.24) is 14.5 Å². The van der Waals surface area contributed by atoms with Crippen molar-refractivity contribution in [2.75, 3.05) is 13.2 Å². The van der Waals surface area contributed by atoms with E-state index < -0.39 is 11.8 Å². The molecule has 1 amide bonds. The molecule has 0 aromatic carbocycles. The Hall–Kier alpha value is -2.54. The zero-order valence-electron chi connectivity index (χ0n) is 11.2. The summed E-state index contributed by atoms with van der Waals surface area (Å²) in [4.78, 5) is 32.3. The summed E-state index contributed by atoms with van der Waals surface area (Å²) in [6, 6.07) is 4.96. The summed E-state index contributed by atoms with van der Waals surface area (Å²) in [5.74, 6) is -0.911. The van der Waals surface area contributed by atoms with Crippen LogP contribution in [0.15, 0.2) is 35.4 Å². The smallest absolute Gasteiger partial charge is 0.254 e. The Kier molecular flexibility index (Phi) is 3.49. The van der Waals surface area contributed by atoms with Crippen molar-refractivity contribution in [2.24, 2.45) is 5.73 Å². The minimum atomic E-state index is -0.720. The van der Waals surface area contributed by atoms with E-state index in [0.717, 1.165) is 5.56 Å². The predicted molar refractivity (Wildman–Crippen MR) is 74.5 cm³/mol. The molecule has 1 aliphatic heterocycles. The van der Waals surface area contributed by atoms with Gasteiger partial charge >= 0.3 is 0 Å². The highest BCUT2D eigenvalue weighted by atomic mass is 16.5. The molecule has 1 atom stereocenters. The first-order valence-corrected chi connectivity index (χ1v) is 6.56. The Bertz CT molecular complexity index is 727. The van der Waals surface area contributed by atoms with Crippen LogP contribution in [0, 0.1) is 0 Å². The van der Waals surface area contributed by atoms with Crippen molar-refractivity contribution in [3.8, 4) is 11.3 Å². The van der Waals surface area contributed by atoms with Gasteiger partial charge in [0.05, 0.1) is 25.5 Å². The second kappa shape index (κ2) is 5.45. The van der Waals surface area contributed by atoms with Gasteiger partial charge in [-0.1, -0.05) is 0 Å². The minimum absolute atomic E-state index is 0.140. The molecule has 2 aromatic rings. The monoisotopic (exact) mass is 286 g/mol. The fourth-order valence-electron chi connectivity index (χ4n) is 2.33. The highest BCUT2D eigenvalue weighted by Crippen LogP contribution is 2.20. The molecule has 3 rings (SSSR count). The summed E-state index contributed by atoms with van der Waals surface area (Å²) in [5.41, 5.74) is 6.45. The van der Waals surface area contributed by atoms with Crippen LogP contribution in [-0.2, 0) is 16.1 Å². The third kappa shape index (κ3) is 2.55. The fraction of sp³-hybridized carbons (Fsp3) is 0.286. The summed E-state index contributed by atoms with van der Waals surface area (Å²) < 4.78 is 6.79.